The first kappa shape index (κ1) is 12.1. The van der Waals surface area contributed by atoms with Crippen molar-refractivity contribution in [3.8, 4) is 0 Å². The molecule has 1 aromatic rings. The highest BCUT2D eigenvalue weighted by Gasteiger charge is 2.30. The summed E-state index contributed by atoms with van der Waals surface area (Å²) in [5, 5.41) is 0. The molecule has 0 atom stereocenters. The Labute approximate surface area is 96.1 Å². The van der Waals surface area contributed by atoms with Gasteiger partial charge in [0.1, 0.15) is 12.2 Å². The van der Waals surface area contributed by atoms with Crippen LogP contribution in [0.1, 0.15) is 43.1 Å². The van der Waals surface area contributed by atoms with Crippen molar-refractivity contribution in [3.63, 3.8) is 0 Å². The number of rotatable bonds is 2. The number of nitrogens with one attached hydrogen (secondary N) is 1. The van der Waals surface area contributed by atoms with Crippen molar-refractivity contribution in [2.45, 2.75) is 44.2 Å². The van der Waals surface area contributed by atoms with E-state index in [2.05, 4.69) is 9.97 Å². The Bertz CT molecular complexity index is 447. The van der Waals surface area contributed by atoms with E-state index in [1.165, 1.54) is 6.07 Å². The van der Waals surface area contributed by atoms with Crippen LogP contribution >= 0.6 is 0 Å². The van der Waals surface area contributed by atoms with Crippen LogP contribution in [-0.2, 0) is 6.42 Å². The average molecular weight is 246 g/mol. The summed E-state index contributed by atoms with van der Waals surface area (Å²) in [4.78, 5) is 17.4. The van der Waals surface area contributed by atoms with Gasteiger partial charge in [-0.05, 0) is 12.8 Å². The minimum absolute atomic E-state index is 0.143. The minimum atomic E-state index is -4.34. The summed E-state index contributed by atoms with van der Waals surface area (Å²) in [5.74, 6) is -0.142. The lowest BCUT2D eigenvalue weighted by Gasteiger charge is -2.10. The molecule has 17 heavy (non-hydrogen) atoms. The molecule has 0 radical (unpaired) electrons. The lowest BCUT2D eigenvalue weighted by atomic mass is 10.0. The summed E-state index contributed by atoms with van der Waals surface area (Å²) >= 11 is 0. The van der Waals surface area contributed by atoms with E-state index in [0.717, 1.165) is 25.7 Å². The minimum Gasteiger partial charge on any atom is -0.310 e. The van der Waals surface area contributed by atoms with Crippen LogP contribution in [0.25, 0.3) is 0 Å². The van der Waals surface area contributed by atoms with Gasteiger partial charge in [-0.2, -0.15) is 13.2 Å². The van der Waals surface area contributed by atoms with Crippen LogP contribution in [0.15, 0.2) is 10.9 Å². The third kappa shape index (κ3) is 3.31. The van der Waals surface area contributed by atoms with Crippen LogP contribution in [0.3, 0.4) is 0 Å². The first-order valence-corrected chi connectivity index (χ1v) is 5.61. The molecule has 1 aliphatic rings. The van der Waals surface area contributed by atoms with Gasteiger partial charge in [0.2, 0.25) is 0 Å². The molecule has 1 N–H and O–H groups in total. The summed E-state index contributed by atoms with van der Waals surface area (Å²) in [5.41, 5.74) is 0.00616. The predicted molar refractivity (Wildman–Crippen MR) is 55.8 cm³/mol. The summed E-state index contributed by atoms with van der Waals surface area (Å²) < 4.78 is 36.7. The maximum absolute atomic E-state index is 12.2. The van der Waals surface area contributed by atoms with Crippen molar-refractivity contribution in [2.24, 2.45) is 0 Å². The van der Waals surface area contributed by atoms with Gasteiger partial charge in [-0.3, -0.25) is 4.79 Å². The molecule has 0 unspecified atom stereocenters. The lowest BCUT2D eigenvalue weighted by Crippen LogP contribution is -2.20. The Morgan fingerprint density at radius 2 is 2.00 bits per heavy atom. The molecule has 0 saturated heterocycles. The highest BCUT2D eigenvalue weighted by molar-refractivity contribution is 5.10. The van der Waals surface area contributed by atoms with Crippen LogP contribution in [0.2, 0.25) is 0 Å². The molecular formula is C11H13F3N2O. The van der Waals surface area contributed by atoms with Gasteiger partial charge in [-0.25, -0.2) is 4.98 Å². The predicted octanol–water partition coefficient (Wildman–Crippen LogP) is 2.53. The molecule has 1 saturated carbocycles. The fourth-order valence-electron chi connectivity index (χ4n) is 2.23. The molecule has 1 aliphatic carbocycles. The normalized spacial score (nSPS) is 17.6. The number of alkyl halides is 3. The maximum Gasteiger partial charge on any atom is 0.396 e. The molecule has 6 heteroatoms. The van der Waals surface area contributed by atoms with Gasteiger partial charge in [0.15, 0.2) is 0 Å². The second kappa shape index (κ2) is 4.50. The third-order valence-electron chi connectivity index (χ3n) is 2.95. The molecule has 0 bridgehead atoms. The molecule has 1 aromatic heterocycles. The third-order valence-corrected chi connectivity index (χ3v) is 2.95. The quantitative estimate of drug-likeness (QED) is 0.871. The van der Waals surface area contributed by atoms with Gasteiger partial charge < -0.3 is 4.98 Å². The molecule has 3 nitrogen and oxygen atoms in total. The van der Waals surface area contributed by atoms with E-state index in [0.29, 0.717) is 5.69 Å². The van der Waals surface area contributed by atoms with E-state index >= 15 is 0 Å². The number of hydrogen-bond acceptors (Lipinski definition) is 2. The van der Waals surface area contributed by atoms with E-state index in [-0.39, 0.29) is 11.7 Å². The Morgan fingerprint density at radius 1 is 1.35 bits per heavy atom. The second-order valence-corrected chi connectivity index (χ2v) is 4.39. The van der Waals surface area contributed by atoms with Crippen LogP contribution in [0, 0.1) is 0 Å². The van der Waals surface area contributed by atoms with Crippen molar-refractivity contribution < 1.29 is 13.2 Å². The summed E-state index contributed by atoms with van der Waals surface area (Å²) in [7, 11) is 0. The molecule has 0 aliphatic heterocycles. The Kier molecular flexibility index (Phi) is 3.22. The number of aromatic amines is 1. The highest BCUT2D eigenvalue weighted by atomic mass is 19.4. The standard InChI is InChI=1S/C11H13F3N2O/c12-11(13,14)6-9-15-8(5-10(17)16-9)7-3-1-2-4-7/h5,7H,1-4,6H2,(H,15,16,17). The Balaban J connectivity index is 2.26. The number of aromatic nitrogens is 2. The monoisotopic (exact) mass is 246 g/mol. The van der Waals surface area contributed by atoms with E-state index in [4.69, 9.17) is 0 Å². The molecule has 0 spiro atoms. The van der Waals surface area contributed by atoms with Crippen molar-refractivity contribution >= 4 is 0 Å². The first-order valence-electron chi connectivity index (χ1n) is 5.61. The Morgan fingerprint density at radius 3 is 2.59 bits per heavy atom. The molecular weight excluding hydrogens is 233 g/mol. The zero-order valence-corrected chi connectivity index (χ0v) is 9.18. The summed E-state index contributed by atoms with van der Waals surface area (Å²) in [6.07, 6.45) is -1.61. The fourth-order valence-corrected chi connectivity index (χ4v) is 2.23. The topological polar surface area (TPSA) is 45.8 Å². The molecule has 2 rings (SSSR count). The van der Waals surface area contributed by atoms with Crippen molar-refractivity contribution in [1.82, 2.24) is 9.97 Å². The molecule has 1 fully saturated rings. The van der Waals surface area contributed by atoms with Gasteiger partial charge in [-0.1, -0.05) is 12.8 Å². The smallest absolute Gasteiger partial charge is 0.310 e. The molecule has 0 amide bonds. The summed E-state index contributed by atoms with van der Waals surface area (Å²) in [6, 6.07) is 1.32. The number of nitrogens with zero attached hydrogens (tertiary/aromatic N) is 1. The highest BCUT2D eigenvalue weighted by Crippen LogP contribution is 2.32. The SMILES string of the molecule is O=c1cc(C2CCCC2)nc(CC(F)(F)F)[nH]1. The van der Waals surface area contributed by atoms with E-state index in [1.807, 2.05) is 0 Å². The number of hydrogen-bond donors (Lipinski definition) is 1. The second-order valence-electron chi connectivity index (χ2n) is 4.39. The van der Waals surface area contributed by atoms with Gasteiger partial charge in [0.25, 0.3) is 5.56 Å². The van der Waals surface area contributed by atoms with E-state index in [9.17, 15) is 18.0 Å². The maximum atomic E-state index is 12.2. The van der Waals surface area contributed by atoms with Crippen LogP contribution in [-0.4, -0.2) is 16.1 Å². The van der Waals surface area contributed by atoms with Crippen LogP contribution < -0.4 is 5.56 Å². The molecule has 0 aromatic carbocycles. The lowest BCUT2D eigenvalue weighted by molar-refractivity contribution is -0.128. The number of H-pyrrole nitrogens is 1. The summed E-state index contributed by atoms with van der Waals surface area (Å²) in [6.45, 7) is 0. The van der Waals surface area contributed by atoms with E-state index < -0.39 is 18.2 Å². The Hall–Kier alpha value is -1.33. The van der Waals surface area contributed by atoms with Gasteiger partial charge in [0.05, 0.1) is 5.69 Å². The molecule has 1 heterocycles. The zero-order valence-electron chi connectivity index (χ0n) is 9.18. The van der Waals surface area contributed by atoms with Gasteiger partial charge >= 0.3 is 6.18 Å². The largest absolute Gasteiger partial charge is 0.396 e. The van der Waals surface area contributed by atoms with Gasteiger partial charge in [0, 0.05) is 12.0 Å². The fraction of sp³-hybridized carbons (Fsp3) is 0.636. The molecule has 94 valence electrons. The van der Waals surface area contributed by atoms with Gasteiger partial charge in [-0.15, -0.1) is 0 Å². The van der Waals surface area contributed by atoms with E-state index in [1.54, 1.807) is 0 Å². The number of halogens is 3. The van der Waals surface area contributed by atoms with Crippen LogP contribution in [0.5, 0.6) is 0 Å². The van der Waals surface area contributed by atoms with Crippen molar-refractivity contribution in [3.05, 3.63) is 27.9 Å². The average Bonchev–Trinajstić information content (AvgIpc) is 2.65. The first-order chi connectivity index (χ1) is 7.94. The van der Waals surface area contributed by atoms with Crippen molar-refractivity contribution in [1.29, 1.82) is 0 Å². The van der Waals surface area contributed by atoms with Crippen molar-refractivity contribution in [2.75, 3.05) is 0 Å². The zero-order chi connectivity index (χ0) is 12.5. The van der Waals surface area contributed by atoms with Crippen LogP contribution in [0.4, 0.5) is 13.2 Å².